The van der Waals surface area contributed by atoms with Gasteiger partial charge in [0.2, 0.25) is 0 Å². The maximum atomic E-state index is 14.2. The second kappa shape index (κ2) is 7.68. The Morgan fingerprint density at radius 3 is 2.71 bits per heavy atom. The monoisotopic (exact) mass is 434 g/mol. The van der Waals surface area contributed by atoms with E-state index in [1.165, 1.54) is 6.07 Å². The van der Waals surface area contributed by atoms with Crippen molar-refractivity contribution in [2.45, 2.75) is 19.4 Å². The van der Waals surface area contributed by atoms with Crippen LogP contribution in [0.2, 0.25) is 5.02 Å². The van der Waals surface area contributed by atoms with E-state index in [1.54, 1.807) is 18.3 Å². The molecule has 0 bridgehead atoms. The average Bonchev–Trinajstić information content (AvgIpc) is 2.42. The van der Waals surface area contributed by atoms with Crippen LogP contribution in [0.3, 0.4) is 0 Å². The number of rotatable bonds is 5. The van der Waals surface area contributed by atoms with E-state index < -0.39 is 0 Å². The minimum atomic E-state index is -0.340. The molecule has 1 unspecified atom stereocenters. The normalized spacial score (nSPS) is 12.4. The molecule has 1 atom stereocenters. The van der Waals surface area contributed by atoms with Crippen molar-refractivity contribution in [3.63, 3.8) is 0 Å². The Bertz CT molecular complexity index is 586. The Labute approximate surface area is 145 Å². The van der Waals surface area contributed by atoms with Gasteiger partial charge in [0, 0.05) is 25.7 Å². The zero-order chi connectivity index (χ0) is 15.4. The maximum absolute atomic E-state index is 14.2. The van der Waals surface area contributed by atoms with E-state index in [-0.39, 0.29) is 11.9 Å². The third kappa shape index (κ3) is 4.25. The Morgan fingerprint density at radius 2 is 2.10 bits per heavy atom. The molecule has 2 rings (SSSR count). The molecule has 0 saturated heterocycles. The van der Waals surface area contributed by atoms with Crippen LogP contribution in [0.5, 0.6) is 0 Å². The van der Waals surface area contributed by atoms with Gasteiger partial charge in [-0.05, 0) is 63.0 Å². The molecule has 0 aliphatic carbocycles. The Hall–Kier alpha value is -0.490. The molecule has 6 heteroatoms. The molecule has 0 fully saturated rings. The van der Waals surface area contributed by atoms with Crippen LogP contribution < -0.4 is 5.32 Å². The summed E-state index contributed by atoms with van der Waals surface area (Å²) in [5.41, 5.74) is 1.27. The smallest absolute Gasteiger partial charge is 0.129 e. The molecular weight excluding hydrogens is 422 g/mol. The van der Waals surface area contributed by atoms with Crippen LogP contribution in [0, 0.1) is 5.82 Å². The highest BCUT2D eigenvalue weighted by atomic mass is 79.9. The SMILES string of the molecule is CCCNC(c1ccc(Cl)cc1F)c1ncc(Br)cc1Br. The molecule has 112 valence electrons. The second-order valence-electron chi connectivity index (χ2n) is 4.57. The van der Waals surface area contributed by atoms with Crippen molar-refractivity contribution < 1.29 is 4.39 Å². The number of hydrogen-bond donors (Lipinski definition) is 1. The predicted molar refractivity (Wildman–Crippen MR) is 91.2 cm³/mol. The predicted octanol–water partition coefficient (Wildman–Crippen LogP) is 5.49. The summed E-state index contributed by atoms with van der Waals surface area (Å²) in [5, 5.41) is 3.71. The lowest BCUT2D eigenvalue weighted by molar-refractivity contribution is 0.538. The fraction of sp³-hybridized carbons (Fsp3) is 0.267. The summed E-state index contributed by atoms with van der Waals surface area (Å²) >= 11 is 12.7. The number of halogens is 4. The van der Waals surface area contributed by atoms with Gasteiger partial charge in [0.25, 0.3) is 0 Å². The fourth-order valence-electron chi connectivity index (χ4n) is 2.02. The standard InChI is InChI=1S/C15H14Br2ClFN2/c1-2-5-20-14(11-4-3-10(18)7-13(11)19)15-12(17)6-9(16)8-21-15/h3-4,6-8,14,20H,2,5H2,1H3. The largest absolute Gasteiger partial charge is 0.305 e. The molecule has 2 nitrogen and oxygen atoms in total. The molecule has 1 aromatic heterocycles. The first-order chi connectivity index (χ1) is 10.0. The van der Waals surface area contributed by atoms with Crippen LogP contribution in [0.1, 0.15) is 30.6 Å². The third-order valence-electron chi connectivity index (χ3n) is 2.98. The van der Waals surface area contributed by atoms with Crippen molar-refractivity contribution in [1.82, 2.24) is 10.3 Å². The maximum Gasteiger partial charge on any atom is 0.129 e. The Morgan fingerprint density at radius 1 is 1.33 bits per heavy atom. The number of pyridine rings is 1. The topological polar surface area (TPSA) is 24.9 Å². The van der Waals surface area contributed by atoms with Gasteiger partial charge in [-0.1, -0.05) is 24.6 Å². The van der Waals surface area contributed by atoms with Gasteiger partial charge < -0.3 is 5.32 Å². The van der Waals surface area contributed by atoms with Crippen LogP contribution >= 0.6 is 43.5 Å². The molecule has 0 spiro atoms. The summed E-state index contributed by atoms with van der Waals surface area (Å²) in [5.74, 6) is -0.340. The lowest BCUT2D eigenvalue weighted by atomic mass is 10.0. The highest BCUT2D eigenvalue weighted by Crippen LogP contribution is 2.31. The van der Waals surface area contributed by atoms with Gasteiger partial charge in [-0.2, -0.15) is 0 Å². The summed E-state index contributed by atoms with van der Waals surface area (Å²) in [4.78, 5) is 4.42. The summed E-state index contributed by atoms with van der Waals surface area (Å²) in [7, 11) is 0. The second-order valence-corrected chi connectivity index (χ2v) is 6.78. The third-order valence-corrected chi connectivity index (χ3v) is 4.29. The summed E-state index contributed by atoms with van der Waals surface area (Å²) in [6, 6.07) is 6.28. The molecule has 0 saturated carbocycles. The average molecular weight is 437 g/mol. The lowest BCUT2D eigenvalue weighted by Gasteiger charge is -2.20. The van der Waals surface area contributed by atoms with Crippen molar-refractivity contribution in [3.05, 3.63) is 61.5 Å². The number of benzene rings is 1. The minimum absolute atomic E-state index is 0.329. The van der Waals surface area contributed by atoms with Crippen LogP contribution in [-0.2, 0) is 0 Å². The molecule has 0 aliphatic heterocycles. The molecule has 1 heterocycles. The van der Waals surface area contributed by atoms with Crippen LogP contribution in [0.25, 0.3) is 0 Å². The highest BCUT2D eigenvalue weighted by molar-refractivity contribution is 9.11. The number of aromatic nitrogens is 1. The van der Waals surface area contributed by atoms with Crippen molar-refractivity contribution in [1.29, 1.82) is 0 Å². The van der Waals surface area contributed by atoms with Crippen molar-refractivity contribution in [3.8, 4) is 0 Å². The summed E-state index contributed by atoms with van der Waals surface area (Å²) < 4.78 is 15.9. The van der Waals surface area contributed by atoms with E-state index in [2.05, 4.69) is 49.1 Å². The molecule has 1 N–H and O–H groups in total. The number of hydrogen-bond acceptors (Lipinski definition) is 2. The molecule has 1 aromatic carbocycles. The quantitative estimate of drug-likeness (QED) is 0.671. The first-order valence-corrected chi connectivity index (χ1v) is 8.48. The van der Waals surface area contributed by atoms with Gasteiger partial charge in [0.1, 0.15) is 5.82 Å². The zero-order valence-corrected chi connectivity index (χ0v) is 15.3. The molecule has 0 aliphatic rings. The van der Waals surface area contributed by atoms with Crippen molar-refractivity contribution in [2.75, 3.05) is 6.54 Å². The van der Waals surface area contributed by atoms with Gasteiger partial charge in [-0.3, -0.25) is 4.98 Å². The fourth-order valence-corrected chi connectivity index (χ4v) is 3.39. The first kappa shape index (κ1) is 16.9. The van der Waals surface area contributed by atoms with Crippen LogP contribution in [0.4, 0.5) is 4.39 Å². The Kier molecular flexibility index (Phi) is 6.17. The van der Waals surface area contributed by atoms with E-state index >= 15 is 0 Å². The lowest BCUT2D eigenvalue weighted by Crippen LogP contribution is -2.25. The highest BCUT2D eigenvalue weighted by Gasteiger charge is 2.21. The number of nitrogens with zero attached hydrogens (tertiary/aromatic N) is 1. The number of nitrogens with one attached hydrogen (secondary N) is 1. The van der Waals surface area contributed by atoms with E-state index in [4.69, 9.17) is 11.6 Å². The Balaban J connectivity index is 2.46. The van der Waals surface area contributed by atoms with E-state index in [0.29, 0.717) is 10.6 Å². The van der Waals surface area contributed by atoms with Gasteiger partial charge in [0.15, 0.2) is 0 Å². The van der Waals surface area contributed by atoms with Gasteiger partial charge in [0.05, 0.1) is 11.7 Å². The van der Waals surface area contributed by atoms with Crippen LogP contribution in [0.15, 0.2) is 39.4 Å². The zero-order valence-electron chi connectivity index (χ0n) is 11.3. The molecule has 0 amide bonds. The van der Waals surface area contributed by atoms with Crippen molar-refractivity contribution in [2.24, 2.45) is 0 Å². The molecular formula is C15H14Br2ClFN2. The molecule has 0 radical (unpaired) electrons. The van der Waals surface area contributed by atoms with E-state index in [1.807, 2.05) is 6.07 Å². The molecule has 2 aromatic rings. The van der Waals surface area contributed by atoms with Crippen molar-refractivity contribution >= 4 is 43.5 Å². The van der Waals surface area contributed by atoms with Gasteiger partial charge in [-0.15, -0.1) is 0 Å². The summed E-state index contributed by atoms with van der Waals surface area (Å²) in [6.07, 6.45) is 2.65. The van der Waals surface area contributed by atoms with Crippen LogP contribution in [-0.4, -0.2) is 11.5 Å². The van der Waals surface area contributed by atoms with E-state index in [9.17, 15) is 4.39 Å². The van der Waals surface area contributed by atoms with Gasteiger partial charge >= 0.3 is 0 Å². The molecule has 21 heavy (non-hydrogen) atoms. The first-order valence-electron chi connectivity index (χ1n) is 6.52. The van der Waals surface area contributed by atoms with E-state index in [0.717, 1.165) is 27.6 Å². The summed E-state index contributed by atoms with van der Waals surface area (Å²) in [6.45, 7) is 2.82. The minimum Gasteiger partial charge on any atom is -0.305 e. The van der Waals surface area contributed by atoms with Gasteiger partial charge in [-0.25, -0.2) is 4.39 Å².